The Hall–Kier alpha value is -4.28. The van der Waals surface area contributed by atoms with Crippen LogP contribution in [0.5, 0.6) is 5.75 Å². The van der Waals surface area contributed by atoms with Gasteiger partial charge in [-0.3, -0.25) is 14.5 Å². The second kappa shape index (κ2) is 14.1. The number of hydrogen-bond acceptors (Lipinski definition) is 7. The van der Waals surface area contributed by atoms with Crippen LogP contribution in [-0.2, 0) is 11.3 Å². The normalized spacial score (nSPS) is 24.1. The molecule has 2 amide bonds. The fourth-order valence-corrected chi connectivity index (χ4v) is 7.24. The van der Waals surface area contributed by atoms with Crippen molar-refractivity contribution in [2.45, 2.75) is 76.0 Å². The van der Waals surface area contributed by atoms with Crippen LogP contribution in [0.1, 0.15) is 65.3 Å². The number of halogens is 3. The van der Waals surface area contributed by atoms with Gasteiger partial charge in [0.1, 0.15) is 17.8 Å². The second-order valence-electron chi connectivity index (χ2n) is 13.0. The predicted molar refractivity (Wildman–Crippen MR) is 175 cm³/mol. The number of nitrogens with zero attached hydrogens (tertiary/aromatic N) is 3. The fraction of sp³-hybridized carbons (Fsp3) is 0.514. The van der Waals surface area contributed by atoms with Crippen LogP contribution < -0.4 is 20.7 Å². The number of alkyl halides is 3. The Balaban J connectivity index is 1.19. The smallest absolute Gasteiger partial charge is 0.406 e. The van der Waals surface area contributed by atoms with Crippen LogP contribution in [0.3, 0.4) is 0 Å². The summed E-state index contributed by atoms with van der Waals surface area (Å²) in [5.41, 5.74) is 1.91. The summed E-state index contributed by atoms with van der Waals surface area (Å²) in [6.45, 7) is 2.75. The molecule has 13 heteroatoms. The topological polar surface area (TPSA) is 110 Å². The molecule has 4 heterocycles. The highest BCUT2D eigenvalue weighted by Crippen LogP contribution is 2.36. The molecule has 0 radical (unpaired) electrons. The van der Waals surface area contributed by atoms with Gasteiger partial charge < -0.3 is 30.0 Å². The number of hydrogen-bond donors (Lipinski definition) is 3. The maximum Gasteiger partial charge on any atom is 0.406 e. The molecule has 3 aromatic rings. The molecule has 2 unspecified atom stereocenters. The lowest BCUT2D eigenvalue weighted by Crippen LogP contribution is -2.54. The number of carbonyl (C=O) groups is 2. The van der Waals surface area contributed by atoms with Crippen LogP contribution in [-0.4, -0.2) is 90.5 Å². The van der Waals surface area contributed by atoms with Crippen molar-refractivity contribution in [1.29, 1.82) is 0 Å². The van der Waals surface area contributed by atoms with Gasteiger partial charge in [0.2, 0.25) is 0 Å². The highest BCUT2D eigenvalue weighted by atomic mass is 19.4. The molecule has 256 valence electrons. The van der Waals surface area contributed by atoms with Crippen molar-refractivity contribution in [3.63, 3.8) is 0 Å². The Morgan fingerprint density at radius 3 is 2.56 bits per heavy atom. The summed E-state index contributed by atoms with van der Waals surface area (Å²) in [4.78, 5) is 32.6. The molecule has 48 heavy (non-hydrogen) atoms. The average Bonchev–Trinajstić information content (AvgIpc) is 3.62. The van der Waals surface area contributed by atoms with E-state index in [0.717, 1.165) is 56.1 Å². The zero-order valence-corrected chi connectivity index (χ0v) is 27.3. The van der Waals surface area contributed by atoms with E-state index in [2.05, 4.69) is 44.6 Å². The van der Waals surface area contributed by atoms with Gasteiger partial charge in [-0.1, -0.05) is 18.8 Å². The van der Waals surface area contributed by atoms with Crippen LogP contribution in [0, 0.1) is 17.8 Å². The molecule has 3 N–H and O–H groups in total. The Labute approximate surface area is 277 Å². The lowest BCUT2D eigenvalue weighted by Gasteiger charge is -2.44. The van der Waals surface area contributed by atoms with Gasteiger partial charge in [0, 0.05) is 43.3 Å². The molecule has 1 aromatic heterocycles. The third-order valence-electron chi connectivity index (χ3n) is 9.64. The molecule has 3 saturated heterocycles. The minimum Gasteiger partial charge on any atom is -0.495 e. The molecule has 6 rings (SSSR count). The number of methoxy groups -OCH3 is 1. The number of nitrogens with one attached hydrogen (secondary N) is 3. The average molecular weight is 667 g/mol. The van der Waals surface area contributed by atoms with E-state index in [1.54, 1.807) is 24.3 Å². The molecule has 0 aliphatic carbocycles. The number of piperidine rings is 1. The molecule has 3 aliphatic heterocycles. The summed E-state index contributed by atoms with van der Waals surface area (Å²) in [5.74, 6) is 6.02. The van der Waals surface area contributed by atoms with Crippen molar-refractivity contribution in [2.75, 3.05) is 39.1 Å². The maximum absolute atomic E-state index is 13.8. The summed E-state index contributed by atoms with van der Waals surface area (Å²) in [6.07, 6.45) is 2.51. The van der Waals surface area contributed by atoms with Crippen LogP contribution in [0.25, 0.3) is 11.0 Å². The second-order valence-corrected chi connectivity index (χ2v) is 13.0. The minimum atomic E-state index is -4.47. The zero-order chi connectivity index (χ0) is 34.0. The number of imidazole rings is 1. The van der Waals surface area contributed by atoms with Gasteiger partial charge in [0.15, 0.2) is 0 Å². The lowest BCUT2D eigenvalue weighted by molar-refractivity contribution is -0.140. The summed E-state index contributed by atoms with van der Waals surface area (Å²) >= 11 is 0. The van der Waals surface area contributed by atoms with Crippen molar-refractivity contribution in [1.82, 2.24) is 25.1 Å². The number of ether oxygens (including phenoxy) is 2. The number of rotatable bonds is 8. The summed E-state index contributed by atoms with van der Waals surface area (Å²) in [5, 5.41) is 8.87. The minimum absolute atomic E-state index is 0.0860. The van der Waals surface area contributed by atoms with E-state index in [-0.39, 0.29) is 46.9 Å². The highest BCUT2D eigenvalue weighted by Gasteiger charge is 2.40. The molecule has 2 bridgehead atoms. The lowest BCUT2D eigenvalue weighted by atomic mass is 9.90. The maximum atomic E-state index is 13.8. The molecule has 10 nitrogen and oxygen atoms in total. The van der Waals surface area contributed by atoms with Gasteiger partial charge in [-0.25, -0.2) is 4.98 Å². The molecule has 0 saturated carbocycles. The van der Waals surface area contributed by atoms with Crippen molar-refractivity contribution < 1.29 is 32.2 Å². The summed E-state index contributed by atoms with van der Waals surface area (Å²) < 4.78 is 52.7. The number of likely N-dealkylation sites (tertiary alicyclic amines) is 1. The largest absolute Gasteiger partial charge is 0.495 e. The van der Waals surface area contributed by atoms with Crippen molar-refractivity contribution in [3.8, 4) is 17.6 Å². The van der Waals surface area contributed by atoms with E-state index in [0.29, 0.717) is 40.8 Å². The van der Waals surface area contributed by atoms with Gasteiger partial charge in [-0.15, -0.1) is 0 Å². The first kappa shape index (κ1) is 33.6. The zero-order valence-electron chi connectivity index (χ0n) is 27.3. The van der Waals surface area contributed by atoms with E-state index in [4.69, 9.17) is 9.47 Å². The quantitative estimate of drug-likeness (QED) is 0.302. The fourth-order valence-electron chi connectivity index (χ4n) is 7.24. The third kappa shape index (κ3) is 7.55. The molecule has 4 atom stereocenters. The van der Waals surface area contributed by atoms with Crippen molar-refractivity contribution >= 4 is 28.5 Å². The SMILES string of the molecule is CNC(=O)c1ccc(OC)c(NCC#Cc2cc(C(=O)N[C@H]3CCN(C4CC5CCC(C4)O5)C[C@@H]3C)c3ncn(CC(F)(F)F)c3c2)c1. The Bertz CT molecular complexity index is 1720. The monoisotopic (exact) mass is 666 g/mol. The number of amides is 2. The van der Waals surface area contributed by atoms with Crippen LogP contribution in [0.2, 0.25) is 0 Å². The Kier molecular flexibility index (Phi) is 9.85. The van der Waals surface area contributed by atoms with Crippen LogP contribution in [0.4, 0.5) is 18.9 Å². The molecule has 0 spiro atoms. The number of fused-ring (bicyclic) bond motifs is 3. The number of anilines is 1. The van der Waals surface area contributed by atoms with E-state index in [1.807, 2.05) is 0 Å². The number of aromatic nitrogens is 2. The van der Waals surface area contributed by atoms with Gasteiger partial charge in [0.25, 0.3) is 11.8 Å². The van der Waals surface area contributed by atoms with E-state index >= 15 is 0 Å². The summed E-state index contributed by atoms with van der Waals surface area (Å²) in [7, 11) is 3.05. The van der Waals surface area contributed by atoms with Crippen molar-refractivity contribution in [2.24, 2.45) is 5.92 Å². The Morgan fingerprint density at radius 2 is 1.88 bits per heavy atom. The number of carbonyl (C=O) groups excluding carboxylic acids is 2. The van der Waals surface area contributed by atoms with Gasteiger partial charge >= 0.3 is 6.18 Å². The van der Waals surface area contributed by atoms with E-state index < -0.39 is 12.7 Å². The van der Waals surface area contributed by atoms with E-state index in [1.165, 1.54) is 20.2 Å². The van der Waals surface area contributed by atoms with Gasteiger partial charge in [0.05, 0.1) is 49.0 Å². The first-order chi connectivity index (χ1) is 23.0. The summed E-state index contributed by atoms with van der Waals surface area (Å²) in [6, 6.07) is 8.46. The van der Waals surface area contributed by atoms with Crippen LogP contribution >= 0.6 is 0 Å². The molecular formula is C35H41F3N6O4. The highest BCUT2D eigenvalue weighted by molar-refractivity contribution is 6.05. The number of benzene rings is 2. The predicted octanol–water partition coefficient (Wildman–Crippen LogP) is 4.58. The molecule has 3 aliphatic rings. The molecule has 3 fully saturated rings. The third-order valence-corrected chi connectivity index (χ3v) is 9.64. The van der Waals surface area contributed by atoms with Gasteiger partial charge in [-0.05, 0) is 68.4 Å². The Morgan fingerprint density at radius 1 is 1.10 bits per heavy atom. The standard InChI is InChI=1S/C35H41F3N6O4/c1-21-18-43(24-16-25-7-8-26(17-24)48-25)12-10-28(21)42-34(46)27-13-22(14-30-32(27)41-20-44(30)19-35(36,37)38)5-4-11-40-29-15-23(33(45)39-2)6-9-31(29)47-3/h6,9,13-15,20-21,24-26,28,40H,7-8,10-12,16-19H2,1-3H3,(H,39,45)(H,42,46)/t21-,24?,25?,26?,28-/m0/s1. The van der Waals surface area contributed by atoms with Crippen LogP contribution in [0.15, 0.2) is 36.7 Å². The van der Waals surface area contributed by atoms with Gasteiger partial charge in [-0.2, -0.15) is 13.2 Å². The molecular weight excluding hydrogens is 625 g/mol. The first-order valence-corrected chi connectivity index (χ1v) is 16.4. The molecule has 2 aromatic carbocycles. The van der Waals surface area contributed by atoms with Crippen molar-refractivity contribution in [3.05, 3.63) is 53.3 Å². The first-order valence-electron chi connectivity index (χ1n) is 16.4. The van der Waals surface area contributed by atoms with E-state index in [9.17, 15) is 22.8 Å².